The fourth-order valence-electron chi connectivity index (χ4n) is 3.97. The van der Waals surface area contributed by atoms with Gasteiger partial charge in [0.15, 0.2) is 0 Å². The first-order chi connectivity index (χ1) is 16.9. The second-order valence-corrected chi connectivity index (χ2v) is 10.1. The third-order valence-electron chi connectivity index (χ3n) is 5.66. The molecule has 7 nitrogen and oxygen atoms in total. The highest BCUT2D eigenvalue weighted by atomic mass is 16.6. The molecule has 0 aliphatic rings. The van der Waals surface area contributed by atoms with Gasteiger partial charge >= 0.3 is 6.09 Å². The molecule has 0 unspecified atom stereocenters. The summed E-state index contributed by atoms with van der Waals surface area (Å²) in [7, 11) is 0. The minimum absolute atomic E-state index is 0.0623. The molecule has 0 saturated heterocycles. The van der Waals surface area contributed by atoms with Crippen LogP contribution < -0.4 is 16.0 Å². The lowest BCUT2D eigenvalue weighted by Crippen LogP contribution is -2.39. The Morgan fingerprint density at radius 3 is 2.33 bits per heavy atom. The van der Waals surface area contributed by atoms with E-state index in [9.17, 15) is 14.4 Å². The Bertz CT molecular complexity index is 1260. The van der Waals surface area contributed by atoms with Crippen molar-refractivity contribution >= 4 is 34.4 Å². The minimum Gasteiger partial charge on any atom is -0.444 e. The normalized spacial score (nSPS) is 12.9. The highest BCUT2D eigenvalue weighted by Crippen LogP contribution is 2.25. The molecule has 0 heterocycles. The van der Waals surface area contributed by atoms with Crippen molar-refractivity contribution in [3.63, 3.8) is 0 Å². The number of carbonyl (C=O) groups excluding carboxylic acids is 3. The van der Waals surface area contributed by atoms with E-state index >= 15 is 0 Å². The van der Waals surface area contributed by atoms with Crippen LogP contribution in [0.5, 0.6) is 0 Å². The molecule has 7 heteroatoms. The summed E-state index contributed by atoms with van der Waals surface area (Å²) in [6.45, 7) is 10.9. The molecule has 36 heavy (non-hydrogen) atoms. The Morgan fingerprint density at radius 2 is 1.61 bits per heavy atom. The summed E-state index contributed by atoms with van der Waals surface area (Å²) in [6, 6.07) is 18.7. The van der Waals surface area contributed by atoms with Crippen molar-refractivity contribution in [3.05, 3.63) is 77.4 Å². The van der Waals surface area contributed by atoms with Crippen molar-refractivity contribution in [1.82, 2.24) is 10.6 Å². The monoisotopic (exact) mass is 489 g/mol. The molecular weight excluding hydrogens is 454 g/mol. The first-order valence-corrected chi connectivity index (χ1v) is 12.1. The van der Waals surface area contributed by atoms with Gasteiger partial charge in [-0.25, -0.2) is 4.79 Å². The maximum atomic E-state index is 13.2. The topological polar surface area (TPSA) is 96.5 Å². The van der Waals surface area contributed by atoms with Crippen LogP contribution in [0.2, 0.25) is 0 Å². The van der Waals surface area contributed by atoms with E-state index in [-0.39, 0.29) is 24.3 Å². The number of alkyl carbamates (subject to hydrolysis) is 1. The zero-order valence-corrected chi connectivity index (χ0v) is 21.8. The summed E-state index contributed by atoms with van der Waals surface area (Å²) in [5.74, 6) is -0.498. The number of anilines is 1. The Morgan fingerprint density at radius 1 is 0.917 bits per heavy atom. The number of aryl methyl sites for hydroxylation is 1. The second kappa shape index (κ2) is 11.2. The van der Waals surface area contributed by atoms with Crippen molar-refractivity contribution in [2.45, 2.75) is 65.6 Å². The molecule has 190 valence electrons. The van der Waals surface area contributed by atoms with Gasteiger partial charge in [-0.15, -0.1) is 0 Å². The summed E-state index contributed by atoms with van der Waals surface area (Å²) < 4.78 is 5.22. The van der Waals surface area contributed by atoms with E-state index in [4.69, 9.17) is 4.74 Å². The fourth-order valence-corrected chi connectivity index (χ4v) is 3.97. The summed E-state index contributed by atoms with van der Waals surface area (Å²) in [5.41, 5.74) is 2.22. The van der Waals surface area contributed by atoms with Gasteiger partial charge in [-0.3, -0.25) is 9.59 Å². The first kappa shape index (κ1) is 26.7. The van der Waals surface area contributed by atoms with Crippen LogP contribution in [-0.2, 0) is 9.53 Å². The van der Waals surface area contributed by atoms with Crippen molar-refractivity contribution < 1.29 is 19.1 Å². The summed E-state index contributed by atoms with van der Waals surface area (Å²) in [5, 5.41) is 10.8. The average molecular weight is 490 g/mol. The zero-order valence-electron chi connectivity index (χ0n) is 21.8. The molecule has 3 aromatic carbocycles. The van der Waals surface area contributed by atoms with E-state index < -0.39 is 17.7 Å². The fraction of sp³-hybridized carbons (Fsp3) is 0.345. The van der Waals surface area contributed by atoms with E-state index in [1.807, 2.05) is 56.3 Å². The molecule has 0 fully saturated rings. The molecule has 0 bridgehead atoms. The van der Waals surface area contributed by atoms with Gasteiger partial charge in [0, 0.05) is 23.7 Å². The third kappa shape index (κ3) is 7.31. The molecule has 3 rings (SSSR count). The largest absolute Gasteiger partial charge is 0.444 e. The van der Waals surface area contributed by atoms with Crippen LogP contribution >= 0.6 is 0 Å². The quantitative estimate of drug-likeness (QED) is 0.386. The lowest BCUT2D eigenvalue weighted by Gasteiger charge is -2.21. The van der Waals surface area contributed by atoms with Crippen LogP contribution in [0.15, 0.2) is 60.7 Å². The van der Waals surface area contributed by atoms with Gasteiger partial charge in [0.05, 0.1) is 6.04 Å². The first-order valence-electron chi connectivity index (χ1n) is 12.1. The molecule has 0 spiro atoms. The number of benzene rings is 3. The summed E-state index contributed by atoms with van der Waals surface area (Å²) >= 11 is 0. The van der Waals surface area contributed by atoms with Gasteiger partial charge < -0.3 is 20.7 Å². The van der Waals surface area contributed by atoms with E-state index in [1.165, 1.54) is 0 Å². The van der Waals surface area contributed by atoms with Crippen molar-refractivity contribution in [2.24, 2.45) is 0 Å². The predicted molar refractivity (Wildman–Crippen MR) is 143 cm³/mol. The number of ether oxygens (including phenoxy) is 1. The molecule has 3 N–H and O–H groups in total. The van der Waals surface area contributed by atoms with E-state index in [0.717, 1.165) is 21.9 Å². The number of amides is 3. The van der Waals surface area contributed by atoms with Crippen LogP contribution in [0.3, 0.4) is 0 Å². The molecule has 3 amide bonds. The van der Waals surface area contributed by atoms with Gasteiger partial charge in [0.25, 0.3) is 5.91 Å². The molecule has 0 aliphatic heterocycles. The zero-order chi connectivity index (χ0) is 26.5. The van der Waals surface area contributed by atoms with Gasteiger partial charge in [0.2, 0.25) is 5.91 Å². The predicted octanol–water partition coefficient (Wildman–Crippen LogP) is 5.88. The van der Waals surface area contributed by atoms with Gasteiger partial charge in [-0.2, -0.15) is 0 Å². The average Bonchev–Trinajstić information content (AvgIpc) is 2.78. The lowest BCUT2D eigenvalue weighted by atomic mass is 9.99. The third-order valence-corrected chi connectivity index (χ3v) is 5.66. The number of rotatable bonds is 7. The number of hydrogen-bond acceptors (Lipinski definition) is 4. The minimum atomic E-state index is -0.615. The van der Waals surface area contributed by atoms with Crippen LogP contribution in [0.1, 0.15) is 68.6 Å². The number of nitrogens with one attached hydrogen (secondary N) is 3. The SMILES string of the molecule is Cc1ccc(NC(=O)C[C@@H](C)NC(=O)OC(C)(C)C)cc1C(=O)N[C@H](C)c1cccc2ccccc12. The number of fused-ring (bicyclic) bond motifs is 1. The maximum absolute atomic E-state index is 13.2. The molecule has 0 aliphatic carbocycles. The highest BCUT2D eigenvalue weighted by Gasteiger charge is 2.20. The number of hydrogen-bond donors (Lipinski definition) is 3. The van der Waals surface area contributed by atoms with Crippen molar-refractivity contribution in [1.29, 1.82) is 0 Å². The Kier molecular flexibility index (Phi) is 8.35. The maximum Gasteiger partial charge on any atom is 0.407 e. The molecule has 0 radical (unpaired) electrons. The summed E-state index contributed by atoms with van der Waals surface area (Å²) in [6.07, 6.45) is -0.510. The Balaban J connectivity index is 1.64. The summed E-state index contributed by atoms with van der Waals surface area (Å²) in [4.78, 5) is 37.6. The van der Waals surface area contributed by atoms with Crippen LogP contribution in [0, 0.1) is 6.92 Å². The second-order valence-electron chi connectivity index (χ2n) is 10.1. The Labute approximate surface area is 212 Å². The van der Waals surface area contributed by atoms with E-state index in [1.54, 1.807) is 45.9 Å². The van der Waals surface area contributed by atoms with Crippen LogP contribution in [-0.4, -0.2) is 29.6 Å². The van der Waals surface area contributed by atoms with Crippen molar-refractivity contribution in [3.8, 4) is 0 Å². The standard InChI is InChI=1S/C29H35N3O4/c1-18-14-15-22(32-26(33)16-19(2)30-28(35)36-29(4,5)6)17-25(18)27(34)31-20(3)23-13-9-11-21-10-7-8-12-24(21)23/h7-15,17,19-20H,16H2,1-6H3,(H,30,35)(H,31,34)(H,32,33)/t19-,20-/m1/s1. The van der Waals surface area contributed by atoms with E-state index in [0.29, 0.717) is 11.3 Å². The smallest absolute Gasteiger partial charge is 0.407 e. The highest BCUT2D eigenvalue weighted by molar-refractivity contribution is 5.99. The van der Waals surface area contributed by atoms with Gasteiger partial charge in [-0.1, -0.05) is 48.5 Å². The molecule has 3 aromatic rings. The van der Waals surface area contributed by atoms with Crippen LogP contribution in [0.4, 0.5) is 10.5 Å². The molecular formula is C29H35N3O4. The molecule has 2 atom stereocenters. The van der Waals surface area contributed by atoms with Gasteiger partial charge in [0.1, 0.15) is 5.60 Å². The number of carbonyl (C=O) groups is 3. The Hall–Kier alpha value is -3.87. The van der Waals surface area contributed by atoms with Crippen molar-refractivity contribution in [2.75, 3.05) is 5.32 Å². The van der Waals surface area contributed by atoms with E-state index in [2.05, 4.69) is 16.0 Å². The molecule has 0 saturated carbocycles. The lowest BCUT2D eigenvalue weighted by molar-refractivity contribution is -0.116. The van der Waals surface area contributed by atoms with Crippen LogP contribution in [0.25, 0.3) is 10.8 Å². The molecule has 0 aromatic heterocycles. The van der Waals surface area contributed by atoms with Gasteiger partial charge in [-0.05, 0) is 75.6 Å².